The summed E-state index contributed by atoms with van der Waals surface area (Å²) in [5.74, 6) is -1.23. The van der Waals surface area contributed by atoms with E-state index in [1.54, 1.807) is 31.2 Å². The van der Waals surface area contributed by atoms with E-state index < -0.39 is 34.3 Å². The van der Waals surface area contributed by atoms with Crippen molar-refractivity contribution in [2.24, 2.45) is 0 Å². The van der Waals surface area contributed by atoms with E-state index in [1.165, 1.54) is 36.2 Å². The van der Waals surface area contributed by atoms with E-state index in [-0.39, 0.29) is 17.3 Å². The van der Waals surface area contributed by atoms with Crippen LogP contribution in [0.1, 0.15) is 37.8 Å². The van der Waals surface area contributed by atoms with E-state index in [0.29, 0.717) is 18.5 Å². The molecule has 2 amide bonds. The van der Waals surface area contributed by atoms with E-state index in [2.05, 4.69) is 5.32 Å². The highest BCUT2D eigenvalue weighted by molar-refractivity contribution is 7.89. The molecule has 2 aromatic carbocycles. The lowest BCUT2D eigenvalue weighted by Crippen LogP contribution is -2.51. The van der Waals surface area contributed by atoms with Crippen LogP contribution in [0.3, 0.4) is 0 Å². The molecule has 180 valence electrons. The summed E-state index contributed by atoms with van der Waals surface area (Å²) < 4.78 is 40.2. The molecule has 2 rings (SSSR count). The van der Waals surface area contributed by atoms with Crippen molar-refractivity contribution in [2.75, 3.05) is 20.1 Å². The van der Waals surface area contributed by atoms with Gasteiger partial charge in [0.1, 0.15) is 11.9 Å². The van der Waals surface area contributed by atoms with Crippen molar-refractivity contribution >= 4 is 21.8 Å². The van der Waals surface area contributed by atoms with Gasteiger partial charge < -0.3 is 10.2 Å². The number of halogens is 1. The Morgan fingerprint density at radius 1 is 1.03 bits per heavy atom. The van der Waals surface area contributed by atoms with Crippen molar-refractivity contribution in [3.8, 4) is 0 Å². The summed E-state index contributed by atoms with van der Waals surface area (Å²) in [6, 6.07) is 11.2. The lowest BCUT2D eigenvalue weighted by molar-refractivity contribution is -0.141. The molecule has 0 aromatic heterocycles. The molecule has 1 N–H and O–H groups in total. The normalized spacial score (nSPS) is 12.4. The van der Waals surface area contributed by atoms with Crippen molar-refractivity contribution < 1.29 is 22.4 Å². The monoisotopic (exact) mass is 477 g/mol. The largest absolute Gasteiger partial charge is 0.354 e. The van der Waals surface area contributed by atoms with Crippen LogP contribution >= 0.6 is 0 Å². The molecule has 0 spiro atoms. The van der Waals surface area contributed by atoms with Gasteiger partial charge in [0.25, 0.3) is 0 Å². The van der Waals surface area contributed by atoms with Gasteiger partial charge in [0.2, 0.25) is 21.8 Å². The van der Waals surface area contributed by atoms with Gasteiger partial charge in [-0.25, -0.2) is 12.8 Å². The van der Waals surface area contributed by atoms with Gasteiger partial charge in [0, 0.05) is 20.1 Å². The number of hydrogen-bond donors (Lipinski definition) is 1. The first kappa shape index (κ1) is 26.5. The predicted octanol–water partition coefficient (Wildman–Crippen LogP) is 3.09. The molecule has 0 heterocycles. The van der Waals surface area contributed by atoms with Crippen molar-refractivity contribution in [1.29, 1.82) is 0 Å². The Morgan fingerprint density at radius 3 is 2.18 bits per heavy atom. The summed E-state index contributed by atoms with van der Waals surface area (Å²) in [7, 11) is -2.56. The first-order valence-electron chi connectivity index (χ1n) is 10.9. The number of hydrogen-bond acceptors (Lipinski definition) is 4. The quantitative estimate of drug-likeness (QED) is 0.539. The summed E-state index contributed by atoms with van der Waals surface area (Å²) >= 11 is 0. The zero-order valence-corrected chi connectivity index (χ0v) is 20.4. The van der Waals surface area contributed by atoms with Gasteiger partial charge in [-0.2, -0.15) is 4.31 Å². The smallest absolute Gasteiger partial charge is 0.243 e. The number of amides is 2. The van der Waals surface area contributed by atoms with Gasteiger partial charge in [0.15, 0.2) is 0 Å². The summed E-state index contributed by atoms with van der Waals surface area (Å²) in [4.78, 5) is 27.5. The minimum atomic E-state index is -3.89. The Balaban J connectivity index is 2.29. The van der Waals surface area contributed by atoms with E-state index >= 15 is 0 Å². The molecule has 0 fully saturated rings. The molecule has 0 saturated heterocycles. The molecular formula is C24H32FN3O4S. The SMILES string of the molecule is CCCNC(=O)C(CC)N(Cc1ccc(F)cc1)C(=O)CN(C)S(=O)(=O)c1ccc(C)cc1. The maximum Gasteiger partial charge on any atom is 0.243 e. The Labute approximate surface area is 195 Å². The molecular weight excluding hydrogens is 445 g/mol. The van der Waals surface area contributed by atoms with Crippen molar-refractivity contribution in [3.63, 3.8) is 0 Å². The third-order valence-electron chi connectivity index (χ3n) is 5.29. The van der Waals surface area contributed by atoms with E-state index in [9.17, 15) is 22.4 Å². The van der Waals surface area contributed by atoms with Crippen molar-refractivity contribution in [3.05, 3.63) is 65.5 Å². The van der Waals surface area contributed by atoms with Gasteiger partial charge >= 0.3 is 0 Å². The number of aryl methyl sites for hydroxylation is 1. The van der Waals surface area contributed by atoms with E-state index in [4.69, 9.17) is 0 Å². The van der Waals surface area contributed by atoms with Gasteiger partial charge in [-0.15, -0.1) is 0 Å². The number of benzene rings is 2. The molecule has 0 saturated carbocycles. The van der Waals surface area contributed by atoms with Crippen LogP contribution in [0.25, 0.3) is 0 Å². The van der Waals surface area contributed by atoms with Crippen LogP contribution in [-0.2, 0) is 26.2 Å². The average molecular weight is 478 g/mol. The maximum atomic E-state index is 13.3. The summed E-state index contributed by atoms with van der Waals surface area (Å²) in [6.07, 6.45) is 1.09. The second-order valence-corrected chi connectivity index (χ2v) is 9.98. The highest BCUT2D eigenvalue weighted by atomic mass is 32.2. The molecule has 1 atom stereocenters. The molecule has 9 heteroatoms. The lowest BCUT2D eigenvalue weighted by atomic mass is 10.1. The Hall–Kier alpha value is -2.78. The number of nitrogens with zero attached hydrogens (tertiary/aromatic N) is 2. The Kier molecular flexibility index (Phi) is 9.55. The van der Waals surface area contributed by atoms with Crippen molar-refractivity contribution in [1.82, 2.24) is 14.5 Å². The Morgan fingerprint density at radius 2 is 1.64 bits per heavy atom. The first-order valence-corrected chi connectivity index (χ1v) is 12.4. The molecule has 33 heavy (non-hydrogen) atoms. The summed E-state index contributed by atoms with van der Waals surface area (Å²) in [5.41, 5.74) is 1.55. The Bertz CT molecular complexity index is 1040. The molecule has 0 aliphatic heterocycles. The van der Waals surface area contributed by atoms with Crippen LogP contribution in [0.15, 0.2) is 53.4 Å². The third kappa shape index (κ3) is 7.10. The number of carbonyl (C=O) groups is 2. The third-order valence-corrected chi connectivity index (χ3v) is 7.11. The topological polar surface area (TPSA) is 86.8 Å². The molecule has 7 nitrogen and oxygen atoms in total. The molecule has 0 aliphatic rings. The molecule has 0 radical (unpaired) electrons. The minimum absolute atomic E-state index is 0.0512. The zero-order valence-electron chi connectivity index (χ0n) is 19.5. The number of rotatable bonds is 11. The van der Waals surface area contributed by atoms with Crippen LogP contribution in [0.4, 0.5) is 4.39 Å². The van der Waals surface area contributed by atoms with Gasteiger partial charge in [0.05, 0.1) is 11.4 Å². The highest BCUT2D eigenvalue weighted by Crippen LogP contribution is 2.17. The predicted molar refractivity (Wildman–Crippen MR) is 125 cm³/mol. The second kappa shape index (κ2) is 11.9. The summed E-state index contributed by atoms with van der Waals surface area (Å²) in [6.45, 7) is 5.65. The maximum absolute atomic E-state index is 13.3. The fourth-order valence-electron chi connectivity index (χ4n) is 3.33. The van der Waals surface area contributed by atoms with Crippen LogP contribution < -0.4 is 5.32 Å². The fraction of sp³-hybridized carbons (Fsp3) is 0.417. The zero-order chi connectivity index (χ0) is 24.6. The van der Waals surface area contributed by atoms with Gasteiger partial charge in [-0.05, 0) is 49.6 Å². The van der Waals surface area contributed by atoms with Gasteiger partial charge in [-0.1, -0.05) is 43.7 Å². The highest BCUT2D eigenvalue weighted by Gasteiger charge is 2.31. The van der Waals surface area contributed by atoms with Crippen LogP contribution in [0, 0.1) is 12.7 Å². The van der Waals surface area contributed by atoms with E-state index in [0.717, 1.165) is 16.3 Å². The minimum Gasteiger partial charge on any atom is -0.354 e. The first-order chi connectivity index (χ1) is 15.6. The summed E-state index contributed by atoms with van der Waals surface area (Å²) in [5, 5.41) is 2.80. The number of nitrogens with one attached hydrogen (secondary N) is 1. The van der Waals surface area contributed by atoms with Crippen LogP contribution in [-0.4, -0.2) is 55.6 Å². The average Bonchev–Trinajstić information content (AvgIpc) is 2.78. The molecule has 1 unspecified atom stereocenters. The number of sulfonamides is 1. The van der Waals surface area contributed by atoms with Crippen LogP contribution in [0.2, 0.25) is 0 Å². The number of carbonyl (C=O) groups excluding carboxylic acids is 2. The second-order valence-electron chi connectivity index (χ2n) is 7.94. The molecule has 0 bridgehead atoms. The lowest BCUT2D eigenvalue weighted by Gasteiger charge is -2.32. The van der Waals surface area contributed by atoms with Crippen molar-refractivity contribution in [2.45, 2.75) is 51.1 Å². The van der Waals surface area contributed by atoms with Crippen LogP contribution in [0.5, 0.6) is 0 Å². The standard InChI is InChI=1S/C24H32FN3O4S/c1-5-15-26-24(30)22(6-2)28(16-19-9-11-20(25)12-10-19)23(29)17-27(4)33(31,32)21-13-7-18(3)8-14-21/h7-14,22H,5-6,15-17H2,1-4H3,(H,26,30). The fourth-order valence-corrected chi connectivity index (χ4v) is 4.45. The van der Waals surface area contributed by atoms with E-state index in [1.807, 2.05) is 13.8 Å². The number of likely N-dealkylation sites (N-methyl/N-ethyl adjacent to an activating group) is 1. The van der Waals surface area contributed by atoms with Gasteiger partial charge in [-0.3, -0.25) is 9.59 Å². The molecule has 2 aromatic rings. The molecule has 0 aliphatic carbocycles.